The van der Waals surface area contributed by atoms with Crippen LogP contribution < -0.4 is 5.73 Å². The molecule has 148 valence electrons. The third-order valence-electron chi connectivity index (χ3n) is 3.82. The third-order valence-corrected chi connectivity index (χ3v) is 5.30. The number of nitrogens with two attached hydrogens (primary N) is 1. The SMILES string of the molecule is CC(C)Cn1c(CCC(N)=O)nnc1SCc1nnc(-c2ccc(Br)cc2)o1. The fraction of sp³-hybridized carbons (Fsp3) is 0.389. The maximum atomic E-state index is 11.1. The van der Waals surface area contributed by atoms with E-state index in [1.54, 1.807) is 0 Å². The van der Waals surface area contributed by atoms with Crippen LogP contribution in [0.25, 0.3) is 11.5 Å². The molecule has 1 amide bonds. The largest absolute Gasteiger partial charge is 0.420 e. The van der Waals surface area contributed by atoms with Crippen molar-refractivity contribution in [2.24, 2.45) is 11.7 Å². The van der Waals surface area contributed by atoms with E-state index < -0.39 is 0 Å². The van der Waals surface area contributed by atoms with Crippen molar-refractivity contribution in [1.29, 1.82) is 0 Å². The lowest BCUT2D eigenvalue weighted by Gasteiger charge is -2.11. The van der Waals surface area contributed by atoms with Crippen molar-refractivity contribution in [1.82, 2.24) is 25.0 Å². The molecule has 8 nitrogen and oxygen atoms in total. The number of primary amides is 1. The summed E-state index contributed by atoms with van der Waals surface area (Å²) in [4.78, 5) is 11.1. The molecule has 0 aliphatic carbocycles. The topological polar surface area (TPSA) is 113 Å². The van der Waals surface area contributed by atoms with Crippen LogP contribution in [0.4, 0.5) is 0 Å². The van der Waals surface area contributed by atoms with Gasteiger partial charge in [0.25, 0.3) is 0 Å². The smallest absolute Gasteiger partial charge is 0.247 e. The molecule has 2 heterocycles. The molecule has 0 saturated carbocycles. The highest BCUT2D eigenvalue weighted by atomic mass is 79.9. The summed E-state index contributed by atoms with van der Waals surface area (Å²) in [5.74, 6) is 2.30. The molecule has 0 unspecified atom stereocenters. The molecule has 0 aliphatic heterocycles. The van der Waals surface area contributed by atoms with Crippen LogP contribution in [-0.4, -0.2) is 30.9 Å². The van der Waals surface area contributed by atoms with E-state index in [4.69, 9.17) is 10.2 Å². The highest BCUT2D eigenvalue weighted by molar-refractivity contribution is 9.10. The zero-order chi connectivity index (χ0) is 20.1. The number of aryl methyl sites for hydroxylation is 1. The van der Waals surface area contributed by atoms with Gasteiger partial charge in [0.2, 0.25) is 17.7 Å². The molecule has 3 rings (SSSR count). The summed E-state index contributed by atoms with van der Waals surface area (Å²) in [6.07, 6.45) is 0.727. The maximum Gasteiger partial charge on any atom is 0.247 e. The maximum absolute atomic E-state index is 11.1. The van der Waals surface area contributed by atoms with Crippen molar-refractivity contribution in [2.45, 2.75) is 44.1 Å². The molecule has 3 aromatic rings. The van der Waals surface area contributed by atoms with Gasteiger partial charge in [-0.15, -0.1) is 20.4 Å². The van der Waals surface area contributed by atoms with Gasteiger partial charge >= 0.3 is 0 Å². The second kappa shape index (κ2) is 9.33. The molecule has 0 bridgehead atoms. The van der Waals surface area contributed by atoms with Gasteiger partial charge in [0.1, 0.15) is 5.82 Å². The minimum atomic E-state index is -0.348. The van der Waals surface area contributed by atoms with E-state index >= 15 is 0 Å². The van der Waals surface area contributed by atoms with Gasteiger partial charge in [-0.3, -0.25) is 4.79 Å². The summed E-state index contributed by atoms with van der Waals surface area (Å²) >= 11 is 4.89. The number of carbonyl (C=O) groups is 1. The molecule has 0 radical (unpaired) electrons. The number of hydrogen-bond acceptors (Lipinski definition) is 7. The van der Waals surface area contributed by atoms with Crippen molar-refractivity contribution in [2.75, 3.05) is 0 Å². The molecule has 0 saturated heterocycles. The number of carbonyl (C=O) groups excluding carboxylic acids is 1. The van der Waals surface area contributed by atoms with Crippen molar-refractivity contribution in [3.8, 4) is 11.5 Å². The number of nitrogens with zero attached hydrogens (tertiary/aromatic N) is 5. The fourth-order valence-electron chi connectivity index (χ4n) is 2.54. The lowest BCUT2D eigenvalue weighted by Crippen LogP contribution is -2.15. The van der Waals surface area contributed by atoms with E-state index in [2.05, 4.69) is 50.2 Å². The highest BCUT2D eigenvalue weighted by Crippen LogP contribution is 2.25. The molecular weight excluding hydrogens is 444 g/mol. The van der Waals surface area contributed by atoms with Gasteiger partial charge < -0.3 is 14.7 Å². The molecule has 0 aliphatic rings. The van der Waals surface area contributed by atoms with E-state index in [1.165, 1.54) is 11.8 Å². The van der Waals surface area contributed by atoms with Crippen molar-refractivity contribution >= 4 is 33.6 Å². The van der Waals surface area contributed by atoms with Gasteiger partial charge in [-0.05, 0) is 30.2 Å². The van der Waals surface area contributed by atoms with Gasteiger partial charge in [0.15, 0.2) is 5.16 Å². The van der Waals surface area contributed by atoms with Gasteiger partial charge in [0, 0.05) is 29.4 Å². The van der Waals surface area contributed by atoms with E-state index in [-0.39, 0.29) is 12.3 Å². The van der Waals surface area contributed by atoms with Crippen molar-refractivity contribution < 1.29 is 9.21 Å². The minimum absolute atomic E-state index is 0.251. The number of benzene rings is 1. The number of hydrogen-bond donors (Lipinski definition) is 1. The molecule has 0 atom stereocenters. The Balaban J connectivity index is 1.70. The summed E-state index contributed by atoms with van der Waals surface area (Å²) in [6.45, 7) is 5.00. The molecular formula is C18H21BrN6O2S. The first-order valence-electron chi connectivity index (χ1n) is 8.84. The Morgan fingerprint density at radius 3 is 2.64 bits per heavy atom. The molecule has 0 spiro atoms. The number of halogens is 1. The molecule has 2 N–H and O–H groups in total. The lowest BCUT2D eigenvalue weighted by atomic mass is 10.2. The standard InChI is InChI=1S/C18H21BrN6O2S/c1-11(2)9-25-15(8-7-14(20)26)21-24-18(25)28-10-16-22-23-17(27-16)12-3-5-13(19)6-4-12/h3-6,11H,7-10H2,1-2H3,(H2,20,26). The third kappa shape index (κ3) is 5.41. The second-order valence-electron chi connectivity index (χ2n) is 6.67. The van der Waals surface area contributed by atoms with E-state index in [0.29, 0.717) is 29.9 Å². The first kappa shape index (κ1) is 20.5. The normalized spacial score (nSPS) is 11.3. The number of thioether (sulfide) groups is 1. The van der Waals surface area contributed by atoms with E-state index in [0.717, 1.165) is 27.6 Å². The molecule has 28 heavy (non-hydrogen) atoms. The Hall–Kier alpha value is -2.20. The monoisotopic (exact) mass is 464 g/mol. The Morgan fingerprint density at radius 2 is 1.96 bits per heavy atom. The van der Waals surface area contributed by atoms with E-state index in [1.807, 2.05) is 28.8 Å². The zero-order valence-corrected chi connectivity index (χ0v) is 18.0. The zero-order valence-electron chi connectivity index (χ0n) is 15.6. The summed E-state index contributed by atoms with van der Waals surface area (Å²) in [6, 6.07) is 7.68. The Kier molecular flexibility index (Phi) is 6.84. The number of aromatic nitrogens is 5. The summed E-state index contributed by atoms with van der Waals surface area (Å²) in [7, 11) is 0. The van der Waals surface area contributed by atoms with Crippen LogP contribution in [0.3, 0.4) is 0 Å². The predicted octanol–water partition coefficient (Wildman–Crippen LogP) is 3.46. The lowest BCUT2D eigenvalue weighted by molar-refractivity contribution is -0.118. The van der Waals surface area contributed by atoms with Crippen LogP contribution in [0.5, 0.6) is 0 Å². The summed E-state index contributed by atoms with van der Waals surface area (Å²) < 4.78 is 8.78. The van der Waals surface area contributed by atoms with Crippen molar-refractivity contribution in [3.05, 3.63) is 40.5 Å². The Labute approximate surface area is 175 Å². The second-order valence-corrected chi connectivity index (χ2v) is 8.52. The van der Waals surface area contributed by atoms with Crippen molar-refractivity contribution in [3.63, 3.8) is 0 Å². The van der Waals surface area contributed by atoms with Crippen LogP contribution >= 0.6 is 27.7 Å². The van der Waals surface area contributed by atoms with Crippen LogP contribution in [0.15, 0.2) is 38.3 Å². The Bertz CT molecular complexity index is 938. The first-order valence-corrected chi connectivity index (χ1v) is 10.6. The molecule has 10 heteroatoms. The Morgan fingerprint density at radius 1 is 1.21 bits per heavy atom. The van der Waals surface area contributed by atoms with Crippen LogP contribution in [-0.2, 0) is 23.5 Å². The summed E-state index contributed by atoms with van der Waals surface area (Å²) in [5, 5.41) is 17.5. The van der Waals surface area contributed by atoms with Gasteiger partial charge in [-0.2, -0.15) is 0 Å². The number of rotatable bonds is 9. The minimum Gasteiger partial charge on any atom is -0.420 e. The average Bonchev–Trinajstić information content (AvgIpc) is 3.26. The molecule has 1 aromatic carbocycles. The van der Waals surface area contributed by atoms with Crippen LogP contribution in [0.1, 0.15) is 32.0 Å². The average molecular weight is 465 g/mol. The first-order chi connectivity index (χ1) is 13.4. The molecule has 2 aromatic heterocycles. The van der Waals surface area contributed by atoms with Gasteiger partial charge in [0.05, 0.1) is 5.75 Å². The predicted molar refractivity (Wildman–Crippen MR) is 109 cm³/mol. The highest BCUT2D eigenvalue weighted by Gasteiger charge is 2.16. The van der Waals surface area contributed by atoms with Gasteiger partial charge in [-0.25, -0.2) is 0 Å². The summed E-state index contributed by atoms with van der Waals surface area (Å²) in [5.41, 5.74) is 6.12. The van der Waals surface area contributed by atoms with E-state index in [9.17, 15) is 4.79 Å². The number of amides is 1. The molecule has 0 fully saturated rings. The van der Waals surface area contributed by atoms with Crippen LogP contribution in [0, 0.1) is 5.92 Å². The van der Waals surface area contributed by atoms with Crippen LogP contribution in [0.2, 0.25) is 0 Å². The quantitative estimate of drug-likeness (QED) is 0.482. The van der Waals surface area contributed by atoms with Gasteiger partial charge in [-0.1, -0.05) is 41.5 Å². The fourth-order valence-corrected chi connectivity index (χ4v) is 3.61.